The van der Waals surface area contributed by atoms with Crippen molar-refractivity contribution >= 4 is 50.1 Å². The van der Waals surface area contributed by atoms with Crippen LogP contribution in [0, 0.1) is 0 Å². The van der Waals surface area contributed by atoms with Crippen molar-refractivity contribution in [1.29, 1.82) is 0 Å². The van der Waals surface area contributed by atoms with Crippen molar-refractivity contribution < 1.29 is 22.8 Å². The van der Waals surface area contributed by atoms with Crippen molar-refractivity contribution in [3.8, 4) is 0 Å². The van der Waals surface area contributed by atoms with E-state index in [1.165, 1.54) is 21.9 Å². The van der Waals surface area contributed by atoms with Gasteiger partial charge in [-0.15, -0.1) is 0 Å². The second-order valence-corrected chi connectivity index (χ2v) is 10.5. The van der Waals surface area contributed by atoms with Gasteiger partial charge in [0.15, 0.2) is 0 Å². The van der Waals surface area contributed by atoms with Crippen LogP contribution in [0.15, 0.2) is 41.3 Å². The fourth-order valence-corrected chi connectivity index (χ4v) is 5.88. The highest BCUT2D eigenvalue weighted by Gasteiger charge is 2.37. The first-order valence-electron chi connectivity index (χ1n) is 10.7. The third-order valence-corrected chi connectivity index (χ3v) is 7.84. The molecule has 2 aromatic rings. The van der Waals surface area contributed by atoms with Gasteiger partial charge in [-0.3, -0.25) is 14.4 Å². The Labute approximate surface area is 196 Å². The molecule has 2 atom stereocenters. The van der Waals surface area contributed by atoms with Gasteiger partial charge in [0.05, 0.1) is 11.4 Å². The van der Waals surface area contributed by atoms with Gasteiger partial charge in [0.25, 0.3) is 0 Å². The van der Waals surface area contributed by atoms with Gasteiger partial charge in [0, 0.05) is 18.1 Å². The average molecular weight is 493 g/mol. The summed E-state index contributed by atoms with van der Waals surface area (Å²) in [4.78, 5) is 40.1. The molecule has 2 heterocycles. The maximum atomic E-state index is 13.0. The number of likely N-dealkylation sites (tertiary alicyclic amines) is 2. The molecule has 2 aromatic carbocycles. The number of carbonyl (C=O) groups excluding carboxylic acids is 3. The standard InChI is InChI=1S/C22H25ClN4O5S/c23-16-7-5-15-12-17(8-6-14(15)11-16)33(31,32)25-18-3-1-9-26(22(18)30)13-20(28)27-10-2-4-19(27)21(24)29/h5-8,11-12,18-19,25H,1-4,9-10,13H2,(H2,24,29). The molecule has 0 radical (unpaired) electrons. The summed E-state index contributed by atoms with van der Waals surface area (Å²) in [5.74, 6) is -1.38. The Morgan fingerprint density at radius 2 is 1.76 bits per heavy atom. The number of hydrogen-bond acceptors (Lipinski definition) is 5. The van der Waals surface area contributed by atoms with Gasteiger partial charge in [-0.1, -0.05) is 23.7 Å². The molecule has 33 heavy (non-hydrogen) atoms. The summed E-state index contributed by atoms with van der Waals surface area (Å²) >= 11 is 5.99. The van der Waals surface area contributed by atoms with Gasteiger partial charge in [0.1, 0.15) is 12.1 Å². The number of amides is 3. The monoisotopic (exact) mass is 492 g/mol. The summed E-state index contributed by atoms with van der Waals surface area (Å²) in [6.45, 7) is 0.546. The number of halogens is 1. The van der Waals surface area contributed by atoms with Crippen LogP contribution in [0.2, 0.25) is 5.02 Å². The molecule has 0 aromatic heterocycles. The number of piperidine rings is 1. The highest BCUT2D eigenvalue weighted by molar-refractivity contribution is 7.89. The van der Waals surface area contributed by atoms with E-state index in [0.717, 1.165) is 5.39 Å². The lowest BCUT2D eigenvalue weighted by atomic mass is 10.1. The van der Waals surface area contributed by atoms with Crippen LogP contribution in [0.25, 0.3) is 10.8 Å². The molecular weight excluding hydrogens is 468 g/mol. The zero-order valence-electron chi connectivity index (χ0n) is 17.9. The maximum Gasteiger partial charge on any atom is 0.242 e. The number of primary amides is 1. The van der Waals surface area contributed by atoms with E-state index in [0.29, 0.717) is 49.2 Å². The minimum atomic E-state index is -3.97. The second kappa shape index (κ2) is 9.28. The highest BCUT2D eigenvalue weighted by atomic mass is 35.5. The van der Waals surface area contributed by atoms with Crippen molar-refractivity contribution in [3.05, 3.63) is 41.4 Å². The summed E-state index contributed by atoms with van der Waals surface area (Å²) in [6.07, 6.45) is 2.06. The topological polar surface area (TPSA) is 130 Å². The van der Waals surface area contributed by atoms with Crippen molar-refractivity contribution in [2.75, 3.05) is 19.6 Å². The van der Waals surface area contributed by atoms with Crippen LogP contribution in [0.1, 0.15) is 25.7 Å². The molecular formula is C22H25ClN4O5S. The molecule has 0 bridgehead atoms. The third kappa shape index (κ3) is 4.97. The summed E-state index contributed by atoms with van der Waals surface area (Å²) < 4.78 is 28.4. The van der Waals surface area contributed by atoms with Crippen LogP contribution in [0.5, 0.6) is 0 Å². The quantitative estimate of drug-likeness (QED) is 0.626. The largest absolute Gasteiger partial charge is 0.368 e. The van der Waals surface area contributed by atoms with Crippen molar-refractivity contribution in [1.82, 2.24) is 14.5 Å². The van der Waals surface area contributed by atoms with Gasteiger partial charge in [0.2, 0.25) is 27.7 Å². The minimum absolute atomic E-state index is 0.0414. The molecule has 0 spiro atoms. The average Bonchev–Trinajstić information content (AvgIpc) is 3.26. The zero-order chi connectivity index (χ0) is 23.8. The number of nitrogens with one attached hydrogen (secondary N) is 1. The van der Waals surface area contributed by atoms with Gasteiger partial charge in [-0.05, 0) is 60.7 Å². The maximum absolute atomic E-state index is 13.0. The Bertz CT molecular complexity index is 1220. The Morgan fingerprint density at radius 1 is 1.06 bits per heavy atom. The van der Waals surface area contributed by atoms with Gasteiger partial charge >= 0.3 is 0 Å². The molecule has 2 aliphatic rings. The summed E-state index contributed by atoms with van der Waals surface area (Å²) in [6, 6.07) is 8.17. The van der Waals surface area contributed by atoms with Crippen LogP contribution < -0.4 is 10.5 Å². The molecule has 2 unspecified atom stereocenters. The Morgan fingerprint density at radius 3 is 2.52 bits per heavy atom. The predicted molar refractivity (Wildman–Crippen MR) is 123 cm³/mol. The molecule has 2 fully saturated rings. The van der Waals surface area contributed by atoms with Crippen LogP contribution in [0.3, 0.4) is 0 Å². The van der Waals surface area contributed by atoms with Crippen molar-refractivity contribution in [2.45, 2.75) is 42.7 Å². The molecule has 9 nitrogen and oxygen atoms in total. The number of benzene rings is 2. The van der Waals surface area contributed by atoms with E-state index in [1.54, 1.807) is 24.3 Å². The number of carbonyl (C=O) groups is 3. The molecule has 2 saturated heterocycles. The first kappa shape index (κ1) is 23.5. The first-order valence-corrected chi connectivity index (χ1v) is 12.6. The number of sulfonamides is 1. The van der Waals surface area contributed by atoms with E-state index in [1.807, 2.05) is 0 Å². The van der Waals surface area contributed by atoms with Crippen molar-refractivity contribution in [2.24, 2.45) is 5.73 Å². The number of nitrogens with two attached hydrogens (primary N) is 1. The van der Waals surface area contributed by atoms with E-state index in [-0.39, 0.29) is 17.3 Å². The molecule has 176 valence electrons. The number of fused-ring (bicyclic) bond motifs is 1. The first-order chi connectivity index (χ1) is 15.7. The van der Waals surface area contributed by atoms with Crippen molar-refractivity contribution in [3.63, 3.8) is 0 Å². The van der Waals surface area contributed by atoms with E-state index < -0.39 is 33.9 Å². The Kier molecular flexibility index (Phi) is 6.60. The molecule has 3 amide bonds. The van der Waals surface area contributed by atoms with E-state index >= 15 is 0 Å². The molecule has 2 aliphatic heterocycles. The Hall–Kier alpha value is -2.69. The summed E-state index contributed by atoms with van der Waals surface area (Å²) in [7, 11) is -3.97. The fraction of sp³-hybridized carbons (Fsp3) is 0.409. The lowest BCUT2D eigenvalue weighted by molar-refractivity contribution is -0.144. The third-order valence-electron chi connectivity index (χ3n) is 6.14. The summed E-state index contributed by atoms with van der Waals surface area (Å²) in [5, 5.41) is 2.06. The van der Waals surface area contributed by atoms with E-state index in [2.05, 4.69) is 4.72 Å². The van der Waals surface area contributed by atoms with E-state index in [9.17, 15) is 22.8 Å². The van der Waals surface area contributed by atoms with Crippen LogP contribution in [-0.4, -0.2) is 67.7 Å². The van der Waals surface area contributed by atoms with Crippen LogP contribution in [-0.2, 0) is 24.4 Å². The zero-order valence-corrected chi connectivity index (χ0v) is 19.4. The SMILES string of the molecule is NC(=O)C1CCCN1C(=O)CN1CCCC(NS(=O)(=O)c2ccc3cc(Cl)ccc3c2)C1=O. The molecule has 4 rings (SSSR count). The second-order valence-electron chi connectivity index (χ2n) is 8.38. The number of nitrogens with zero attached hydrogens (tertiary/aromatic N) is 2. The molecule has 0 aliphatic carbocycles. The fourth-order valence-electron chi connectivity index (χ4n) is 4.44. The lowest BCUT2D eigenvalue weighted by Gasteiger charge is -2.33. The minimum Gasteiger partial charge on any atom is -0.368 e. The van der Waals surface area contributed by atoms with E-state index in [4.69, 9.17) is 17.3 Å². The summed E-state index contributed by atoms with van der Waals surface area (Å²) in [5.41, 5.74) is 5.38. The Balaban J connectivity index is 1.46. The molecule has 11 heteroatoms. The molecule has 3 N–H and O–H groups in total. The van der Waals surface area contributed by atoms with Crippen LogP contribution in [0.4, 0.5) is 0 Å². The lowest BCUT2D eigenvalue weighted by Crippen LogP contribution is -2.55. The molecule has 0 saturated carbocycles. The predicted octanol–water partition coefficient (Wildman–Crippen LogP) is 1.24. The normalized spacial score (nSPS) is 21.5. The van der Waals surface area contributed by atoms with Crippen LogP contribution >= 0.6 is 11.6 Å². The number of rotatable bonds is 6. The van der Waals surface area contributed by atoms with Gasteiger partial charge < -0.3 is 15.5 Å². The van der Waals surface area contributed by atoms with Gasteiger partial charge in [-0.2, -0.15) is 4.72 Å². The number of hydrogen-bond donors (Lipinski definition) is 2. The van der Waals surface area contributed by atoms with Gasteiger partial charge in [-0.25, -0.2) is 8.42 Å². The smallest absolute Gasteiger partial charge is 0.242 e. The highest BCUT2D eigenvalue weighted by Crippen LogP contribution is 2.24.